The number of carbonyl (C=O) groups excluding carboxylic acids is 1. The number of rotatable bonds is 13. The van der Waals surface area contributed by atoms with Crippen LogP contribution >= 0.6 is 0 Å². The van der Waals surface area contributed by atoms with Gasteiger partial charge in [-0.25, -0.2) is 0 Å². The highest BCUT2D eigenvalue weighted by molar-refractivity contribution is 6.08. The minimum absolute atomic E-state index is 0.150. The van der Waals surface area contributed by atoms with Crippen LogP contribution in [0.3, 0.4) is 0 Å². The summed E-state index contributed by atoms with van der Waals surface area (Å²) in [5.74, 6) is 2.85. The van der Waals surface area contributed by atoms with Crippen molar-refractivity contribution in [2.24, 2.45) is 5.92 Å². The van der Waals surface area contributed by atoms with Gasteiger partial charge >= 0.3 is 5.97 Å². The zero-order valence-corrected chi connectivity index (χ0v) is 23.7. The Labute approximate surface area is 225 Å². The number of hydrogen-bond acceptors (Lipinski definition) is 8. The second-order valence-corrected chi connectivity index (χ2v) is 9.06. The average Bonchev–Trinajstić information content (AvgIpc) is 3.18. The zero-order valence-electron chi connectivity index (χ0n) is 23.7. The Morgan fingerprint density at radius 1 is 0.868 bits per heavy atom. The van der Waals surface area contributed by atoms with E-state index >= 15 is 0 Å². The highest BCUT2D eigenvalue weighted by Gasteiger charge is 2.28. The van der Waals surface area contributed by atoms with Crippen molar-refractivity contribution >= 4 is 23.2 Å². The van der Waals surface area contributed by atoms with E-state index in [0.717, 1.165) is 46.4 Å². The second kappa shape index (κ2) is 13.2. The Morgan fingerprint density at radius 2 is 1.45 bits per heavy atom. The van der Waals surface area contributed by atoms with Crippen LogP contribution in [0, 0.1) is 5.92 Å². The Kier molecular flexibility index (Phi) is 10.1. The van der Waals surface area contributed by atoms with Crippen LogP contribution in [-0.2, 0) is 9.53 Å². The predicted octanol–water partition coefficient (Wildman–Crippen LogP) is 5.24. The Balaban J connectivity index is 2.08. The van der Waals surface area contributed by atoms with Crippen LogP contribution in [0.25, 0.3) is 17.2 Å². The smallest absolute Gasteiger partial charge is 0.310 e. The number of ether oxygens (including phenoxy) is 6. The topological polar surface area (TPSA) is 84.5 Å². The fourth-order valence-corrected chi connectivity index (χ4v) is 4.70. The van der Waals surface area contributed by atoms with Gasteiger partial charge in [-0.3, -0.25) is 4.79 Å². The lowest BCUT2D eigenvalue weighted by molar-refractivity contribution is -0.143. The van der Waals surface area contributed by atoms with Crippen molar-refractivity contribution in [3.05, 3.63) is 46.5 Å². The van der Waals surface area contributed by atoms with Crippen molar-refractivity contribution in [2.75, 3.05) is 55.7 Å². The first-order valence-electron chi connectivity index (χ1n) is 12.6. The lowest BCUT2D eigenvalue weighted by Crippen LogP contribution is -2.24. The summed E-state index contributed by atoms with van der Waals surface area (Å²) in [6.07, 6.45) is 3.12. The zero-order chi connectivity index (χ0) is 27.8. The van der Waals surface area contributed by atoms with E-state index in [0.29, 0.717) is 35.4 Å². The third-order valence-corrected chi connectivity index (χ3v) is 6.87. The number of hydrogen-bond donors (Lipinski definition) is 1. The van der Waals surface area contributed by atoms with Gasteiger partial charge in [0.2, 0.25) is 5.75 Å². The predicted molar refractivity (Wildman–Crippen MR) is 149 cm³/mol. The Bertz CT molecular complexity index is 1190. The Hall–Kier alpha value is -3.65. The maximum atomic E-state index is 13.0. The molecule has 38 heavy (non-hydrogen) atoms. The summed E-state index contributed by atoms with van der Waals surface area (Å²) < 4.78 is 33.4. The molecule has 8 heteroatoms. The van der Waals surface area contributed by atoms with Gasteiger partial charge in [0.15, 0.2) is 23.0 Å². The normalized spacial score (nSPS) is 14.3. The Morgan fingerprint density at radius 3 is 1.95 bits per heavy atom. The summed E-state index contributed by atoms with van der Waals surface area (Å²) in [7, 11) is 9.86. The van der Waals surface area contributed by atoms with Crippen molar-refractivity contribution in [2.45, 2.75) is 26.7 Å². The van der Waals surface area contributed by atoms with Crippen LogP contribution in [0.4, 0.5) is 0 Å². The molecule has 2 aromatic carbocycles. The van der Waals surface area contributed by atoms with Crippen LogP contribution in [-0.4, -0.2) is 61.7 Å². The number of benzene rings is 2. The van der Waals surface area contributed by atoms with E-state index in [1.54, 1.807) is 35.5 Å². The largest absolute Gasteiger partial charge is 0.493 e. The molecule has 0 aliphatic heterocycles. The molecule has 1 aliphatic carbocycles. The first-order valence-corrected chi connectivity index (χ1v) is 12.6. The van der Waals surface area contributed by atoms with Gasteiger partial charge in [-0.05, 0) is 84.1 Å². The molecule has 206 valence electrons. The van der Waals surface area contributed by atoms with E-state index in [1.165, 1.54) is 0 Å². The third kappa shape index (κ3) is 6.07. The summed E-state index contributed by atoms with van der Waals surface area (Å²) in [6.45, 7) is 5.29. The molecule has 1 unspecified atom stereocenters. The van der Waals surface area contributed by atoms with Crippen molar-refractivity contribution in [3.8, 4) is 28.7 Å². The number of fused-ring (bicyclic) bond motifs is 1. The van der Waals surface area contributed by atoms with Crippen LogP contribution in [0.5, 0.6) is 28.7 Å². The third-order valence-electron chi connectivity index (χ3n) is 6.87. The van der Waals surface area contributed by atoms with E-state index < -0.39 is 0 Å². The molecule has 0 saturated carbocycles. The molecule has 0 radical (unpaired) electrons. The SMILES string of the molecule is CCC(CNC)COC(=O)CC1=C(C)/C(=C/c2cc(OC)c(OC)c(OC)c2)c2cc(OC)c(OC)cc21. The maximum absolute atomic E-state index is 13.0. The molecule has 8 nitrogen and oxygen atoms in total. The van der Waals surface area contributed by atoms with Crippen LogP contribution in [0.15, 0.2) is 29.8 Å². The van der Waals surface area contributed by atoms with Crippen molar-refractivity contribution in [1.82, 2.24) is 5.32 Å². The summed E-state index contributed by atoms with van der Waals surface area (Å²) in [5, 5.41) is 3.15. The highest BCUT2D eigenvalue weighted by atomic mass is 16.5. The molecule has 0 aromatic heterocycles. The molecule has 3 rings (SSSR count). The summed E-state index contributed by atoms with van der Waals surface area (Å²) >= 11 is 0. The molecule has 2 aromatic rings. The summed E-state index contributed by atoms with van der Waals surface area (Å²) in [4.78, 5) is 13.0. The standard InChI is InChI=1S/C30H39NO7/c1-9-19(16-31-3)17-38-29(32)15-22-18(2)21(23-13-25(33-4)26(34-5)14-24(22)23)10-20-11-27(35-6)30(37-8)28(12-20)36-7/h10-14,19,31H,9,15-17H2,1-8H3/b21-10-. The summed E-state index contributed by atoms with van der Waals surface area (Å²) in [5.41, 5.74) is 5.54. The number of nitrogens with one attached hydrogen (secondary N) is 1. The first-order chi connectivity index (χ1) is 18.3. The maximum Gasteiger partial charge on any atom is 0.310 e. The molecule has 0 heterocycles. The van der Waals surface area contributed by atoms with Gasteiger partial charge in [-0.1, -0.05) is 6.92 Å². The molecule has 0 saturated heterocycles. The van der Waals surface area contributed by atoms with Gasteiger partial charge in [0.05, 0.1) is 48.6 Å². The van der Waals surface area contributed by atoms with Crippen LogP contribution < -0.4 is 29.0 Å². The second-order valence-electron chi connectivity index (χ2n) is 9.06. The minimum Gasteiger partial charge on any atom is -0.493 e. The van der Waals surface area contributed by atoms with E-state index in [4.69, 9.17) is 28.4 Å². The molecule has 0 bridgehead atoms. The summed E-state index contributed by atoms with van der Waals surface area (Å²) in [6, 6.07) is 7.65. The van der Waals surface area contributed by atoms with Gasteiger partial charge < -0.3 is 33.7 Å². The molecule has 0 spiro atoms. The molecule has 0 amide bonds. The molecular weight excluding hydrogens is 486 g/mol. The van der Waals surface area contributed by atoms with Crippen LogP contribution in [0.1, 0.15) is 43.4 Å². The molecule has 1 N–H and O–H groups in total. The molecular formula is C30H39NO7. The first kappa shape index (κ1) is 28.9. The van der Waals surface area contributed by atoms with Crippen LogP contribution in [0.2, 0.25) is 0 Å². The highest BCUT2D eigenvalue weighted by Crippen LogP contribution is 2.48. The monoisotopic (exact) mass is 525 g/mol. The van der Waals surface area contributed by atoms with Gasteiger partial charge in [-0.15, -0.1) is 0 Å². The molecule has 1 aliphatic rings. The van der Waals surface area contributed by atoms with Gasteiger partial charge in [0.25, 0.3) is 0 Å². The molecule has 1 atom stereocenters. The lowest BCUT2D eigenvalue weighted by atomic mass is 9.99. The average molecular weight is 526 g/mol. The van der Waals surface area contributed by atoms with Gasteiger partial charge in [0, 0.05) is 12.5 Å². The van der Waals surface area contributed by atoms with E-state index in [-0.39, 0.29) is 18.3 Å². The van der Waals surface area contributed by atoms with E-state index in [1.807, 2.05) is 44.3 Å². The fraction of sp³-hybridized carbons (Fsp3) is 0.433. The number of esters is 1. The number of allylic oxidation sites excluding steroid dienone is 2. The minimum atomic E-state index is -0.260. The number of methoxy groups -OCH3 is 5. The van der Waals surface area contributed by atoms with Gasteiger partial charge in [0.1, 0.15) is 0 Å². The fourth-order valence-electron chi connectivity index (χ4n) is 4.70. The quantitative estimate of drug-likeness (QED) is 0.356. The lowest BCUT2D eigenvalue weighted by Gasteiger charge is -2.15. The van der Waals surface area contributed by atoms with Crippen molar-refractivity contribution in [1.29, 1.82) is 0 Å². The van der Waals surface area contributed by atoms with Crippen molar-refractivity contribution in [3.63, 3.8) is 0 Å². The van der Waals surface area contributed by atoms with E-state index in [9.17, 15) is 4.79 Å². The molecule has 0 fully saturated rings. The van der Waals surface area contributed by atoms with Crippen molar-refractivity contribution < 1.29 is 33.2 Å². The van der Waals surface area contributed by atoms with E-state index in [2.05, 4.69) is 12.2 Å². The van der Waals surface area contributed by atoms with Gasteiger partial charge in [-0.2, -0.15) is 0 Å². The number of carbonyl (C=O) groups is 1.